The Balaban J connectivity index is 2.22. The van der Waals surface area contributed by atoms with Crippen molar-refractivity contribution in [1.29, 1.82) is 0 Å². The number of carbonyl (C=O) groups is 1. The molecule has 0 bridgehead atoms. The highest BCUT2D eigenvalue weighted by molar-refractivity contribution is 5.72. The molecule has 1 saturated heterocycles. The normalized spacial score (nSPS) is 20.1. The van der Waals surface area contributed by atoms with Gasteiger partial charge in [-0.3, -0.25) is 0 Å². The van der Waals surface area contributed by atoms with E-state index < -0.39 is 12.1 Å². The average molecular weight is 216 g/mol. The van der Waals surface area contributed by atoms with Gasteiger partial charge in [-0.2, -0.15) is 0 Å². The van der Waals surface area contributed by atoms with Crippen molar-refractivity contribution in [2.45, 2.75) is 38.7 Å². The molecule has 1 atom stereocenters. The summed E-state index contributed by atoms with van der Waals surface area (Å²) in [5, 5.41) is 8.88. The van der Waals surface area contributed by atoms with Crippen LogP contribution >= 0.6 is 0 Å². The van der Waals surface area contributed by atoms with Crippen molar-refractivity contribution in [1.82, 2.24) is 0 Å². The first kappa shape index (κ1) is 12.5. The highest BCUT2D eigenvalue weighted by Crippen LogP contribution is 2.16. The van der Waals surface area contributed by atoms with E-state index in [1.54, 1.807) is 0 Å². The highest BCUT2D eigenvalue weighted by Gasteiger charge is 2.20. The van der Waals surface area contributed by atoms with E-state index in [0.717, 1.165) is 32.5 Å². The number of carboxylic acids is 1. The van der Waals surface area contributed by atoms with Crippen LogP contribution in [0.15, 0.2) is 0 Å². The molecule has 1 aliphatic heterocycles. The van der Waals surface area contributed by atoms with Crippen LogP contribution in [0, 0.1) is 5.92 Å². The van der Waals surface area contributed by atoms with Gasteiger partial charge in [0.05, 0.1) is 6.61 Å². The van der Waals surface area contributed by atoms with Crippen molar-refractivity contribution >= 4 is 5.97 Å². The summed E-state index contributed by atoms with van der Waals surface area (Å²) in [5.74, 6) is -0.374. The van der Waals surface area contributed by atoms with Crippen molar-refractivity contribution in [2.24, 2.45) is 5.92 Å². The molecular formula is C11H20O4. The minimum atomic E-state index is -0.844. The number of ether oxygens (including phenoxy) is 2. The number of hydrogen-bond donors (Lipinski definition) is 1. The van der Waals surface area contributed by atoms with E-state index in [-0.39, 0.29) is 0 Å². The zero-order valence-corrected chi connectivity index (χ0v) is 9.28. The molecule has 0 aliphatic carbocycles. The number of hydrogen-bond acceptors (Lipinski definition) is 3. The summed E-state index contributed by atoms with van der Waals surface area (Å²) in [5.41, 5.74) is 0. The maximum absolute atomic E-state index is 10.8. The molecule has 1 aliphatic rings. The molecular weight excluding hydrogens is 196 g/mol. The lowest BCUT2D eigenvalue weighted by molar-refractivity contribution is -0.152. The summed E-state index contributed by atoms with van der Waals surface area (Å²) in [6.07, 6.45) is 2.78. The van der Waals surface area contributed by atoms with Crippen LogP contribution in [0.1, 0.15) is 32.6 Å². The summed E-state index contributed by atoms with van der Waals surface area (Å²) in [6, 6.07) is 0. The number of carboxylic acid groups (broad SMARTS) is 1. The van der Waals surface area contributed by atoms with Crippen LogP contribution in [0.5, 0.6) is 0 Å². The molecule has 1 unspecified atom stereocenters. The fourth-order valence-electron chi connectivity index (χ4n) is 1.71. The first-order chi connectivity index (χ1) is 7.24. The number of aliphatic carboxylic acids is 1. The lowest BCUT2D eigenvalue weighted by atomic mass is 10.0. The number of rotatable bonds is 6. The van der Waals surface area contributed by atoms with E-state index >= 15 is 0 Å². The first-order valence-electron chi connectivity index (χ1n) is 5.66. The Bertz CT molecular complexity index is 187. The van der Waals surface area contributed by atoms with Crippen LogP contribution in [0.2, 0.25) is 0 Å². The van der Waals surface area contributed by atoms with Crippen molar-refractivity contribution < 1.29 is 19.4 Å². The van der Waals surface area contributed by atoms with Gasteiger partial charge in [0.1, 0.15) is 0 Å². The highest BCUT2D eigenvalue weighted by atomic mass is 16.5. The van der Waals surface area contributed by atoms with Gasteiger partial charge in [0.15, 0.2) is 6.10 Å². The van der Waals surface area contributed by atoms with Crippen molar-refractivity contribution in [2.75, 3.05) is 19.8 Å². The lowest BCUT2D eigenvalue weighted by Crippen LogP contribution is -2.28. The average Bonchev–Trinajstić information content (AvgIpc) is 2.25. The Morgan fingerprint density at radius 1 is 1.53 bits per heavy atom. The molecule has 0 radical (unpaired) electrons. The van der Waals surface area contributed by atoms with Gasteiger partial charge in [-0.25, -0.2) is 4.79 Å². The third-order valence-corrected chi connectivity index (χ3v) is 2.70. The van der Waals surface area contributed by atoms with Gasteiger partial charge in [-0.15, -0.1) is 0 Å². The van der Waals surface area contributed by atoms with Gasteiger partial charge in [-0.1, -0.05) is 13.3 Å². The molecule has 4 heteroatoms. The quantitative estimate of drug-likeness (QED) is 0.734. The maximum atomic E-state index is 10.8. The van der Waals surface area contributed by atoms with Crippen LogP contribution in [-0.4, -0.2) is 37.0 Å². The largest absolute Gasteiger partial charge is 0.479 e. The van der Waals surface area contributed by atoms with Gasteiger partial charge in [0.25, 0.3) is 0 Å². The third kappa shape index (κ3) is 4.62. The topological polar surface area (TPSA) is 55.8 Å². The SMILES string of the molecule is CCCC(OCC1CCOCC1)C(=O)O. The molecule has 0 spiro atoms. The second-order valence-corrected chi connectivity index (χ2v) is 4.00. The Labute approximate surface area is 90.6 Å². The predicted molar refractivity (Wildman–Crippen MR) is 55.8 cm³/mol. The zero-order valence-electron chi connectivity index (χ0n) is 9.28. The Hall–Kier alpha value is -0.610. The van der Waals surface area contributed by atoms with Crippen molar-refractivity contribution in [3.8, 4) is 0 Å². The van der Waals surface area contributed by atoms with Crippen molar-refractivity contribution in [3.05, 3.63) is 0 Å². The minimum Gasteiger partial charge on any atom is -0.479 e. The van der Waals surface area contributed by atoms with Crippen LogP contribution in [0.4, 0.5) is 0 Å². The van der Waals surface area contributed by atoms with E-state index in [0.29, 0.717) is 18.9 Å². The third-order valence-electron chi connectivity index (χ3n) is 2.70. The summed E-state index contributed by atoms with van der Waals surface area (Å²) >= 11 is 0. The van der Waals surface area contributed by atoms with E-state index in [2.05, 4.69) is 0 Å². The van der Waals surface area contributed by atoms with Crippen molar-refractivity contribution in [3.63, 3.8) is 0 Å². The monoisotopic (exact) mass is 216 g/mol. The van der Waals surface area contributed by atoms with Gasteiger partial charge in [0, 0.05) is 13.2 Å². The Morgan fingerprint density at radius 2 is 2.20 bits per heavy atom. The molecule has 0 aromatic carbocycles. The second-order valence-electron chi connectivity index (χ2n) is 4.00. The summed E-state index contributed by atoms with van der Waals surface area (Å²) < 4.78 is 10.7. The molecule has 0 amide bonds. The molecule has 0 aromatic rings. The standard InChI is InChI=1S/C11H20O4/c1-2-3-10(11(12)13)15-8-9-4-6-14-7-5-9/h9-10H,2-8H2,1H3,(H,12,13). The molecule has 0 aromatic heterocycles. The van der Waals surface area contributed by atoms with Crippen LogP contribution in [0.3, 0.4) is 0 Å². The van der Waals surface area contributed by atoms with E-state index in [1.165, 1.54) is 0 Å². The fourth-order valence-corrected chi connectivity index (χ4v) is 1.71. The smallest absolute Gasteiger partial charge is 0.332 e. The molecule has 1 rings (SSSR count). The second kappa shape index (κ2) is 6.80. The minimum absolute atomic E-state index is 0.470. The molecule has 1 heterocycles. The lowest BCUT2D eigenvalue weighted by Gasteiger charge is -2.23. The molecule has 1 fully saturated rings. The van der Waals surface area contributed by atoms with E-state index in [9.17, 15) is 4.79 Å². The fraction of sp³-hybridized carbons (Fsp3) is 0.909. The molecule has 1 N–H and O–H groups in total. The van der Waals surface area contributed by atoms with E-state index in [4.69, 9.17) is 14.6 Å². The zero-order chi connectivity index (χ0) is 11.1. The summed E-state index contributed by atoms with van der Waals surface area (Å²) in [4.78, 5) is 10.8. The van der Waals surface area contributed by atoms with Crippen LogP contribution < -0.4 is 0 Å². The van der Waals surface area contributed by atoms with Crippen LogP contribution in [0.25, 0.3) is 0 Å². The summed E-state index contributed by atoms with van der Waals surface area (Å²) in [7, 11) is 0. The van der Waals surface area contributed by atoms with Crippen LogP contribution in [-0.2, 0) is 14.3 Å². The molecule has 88 valence electrons. The Morgan fingerprint density at radius 3 is 2.73 bits per heavy atom. The summed E-state index contributed by atoms with van der Waals surface area (Å²) in [6.45, 7) is 4.08. The molecule has 15 heavy (non-hydrogen) atoms. The molecule has 4 nitrogen and oxygen atoms in total. The van der Waals surface area contributed by atoms with E-state index in [1.807, 2.05) is 6.92 Å². The molecule has 0 saturated carbocycles. The van der Waals surface area contributed by atoms with Gasteiger partial charge in [0.2, 0.25) is 0 Å². The maximum Gasteiger partial charge on any atom is 0.332 e. The first-order valence-corrected chi connectivity index (χ1v) is 5.66. The van der Waals surface area contributed by atoms with Gasteiger partial charge in [-0.05, 0) is 25.2 Å². The van der Waals surface area contributed by atoms with Gasteiger partial charge < -0.3 is 14.6 Å². The Kier molecular flexibility index (Phi) is 5.65. The van der Waals surface area contributed by atoms with Gasteiger partial charge >= 0.3 is 5.97 Å². The predicted octanol–water partition coefficient (Wildman–Crippen LogP) is 1.68.